The Hall–Kier alpha value is -2.56. The third kappa shape index (κ3) is 4.03. The van der Waals surface area contributed by atoms with Crippen molar-refractivity contribution in [2.75, 3.05) is 6.54 Å². The summed E-state index contributed by atoms with van der Waals surface area (Å²) < 4.78 is 5.53. The summed E-state index contributed by atoms with van der Waals surface area (Å²) in [6.07, 6.45) is 9.90. The van der Waals surface area contributed by atoms with Crippen molar-refractivity contribution in [3.05, 3.63) is 60.1 Å². The molecule has 5 nitrogen and oxygen atoms in total. The van der Waals surface area contributed by atoms with Crippen LogP contribution in [-0.2, 0) is 9.59 Å². The van der Waals surface area contributed by atoms with Gasteiger partial charge in [0.1, 0.15) is 11.8 Å². The van der Waals surface area contributed by atoms with E-state index in [9.17, 15) is 9.59 Å². The first-order valence-electron chi connectivity index (χ1n) is 11.2. The molecule has 1 aromatic heterocycles. The van der Waals surface area contributed by atoms with E-state index in [0.717, 1.165) is 23.3 Å². The molecule has 1 atom stereocenters. The quantitative estimate of drug-likeness (QED) is 0.724. The molecule has 30 heavy (non-hydrogen) atoms. The predicted molar refractivity (Wildman–Crippen MR) is 113 cm³/mol. The molecule has 4 aliphatic rings. The molecule has 4 saturated carbocycles. The van der Waals surface area contributed by atoms with Crippen molar-refractivity contribution in [3.8, 4) is 0 Å². The van der Waals surface area contributed by atoms with Crippen molar-refractivity contribution in [1.82, 2.24) is 10.6 Å². The highest BCUT2D eigenvalue weighted by molar-refractivity contribution is 5.85. The van der Waals surface area contributed by atoms with E-state index in [1.54, 1.807) is 6.26 Å². The van der Waals surface area contributed by atoms with Gasteiger partial charge in [0.15, 0.2) is 0 Å². The first-order valence-corrected chi connectivity index (χ1v) is 11.2. The fraction of sp³-hybridized carbons (Fsp3) is 0.520. The van der Waals surface area contributed by atoms with E-state index in [-0.39, 0.29) is 29.8 Å². The van der Waals surface area contributed by atoms with Gasteiger partial charge in [-0.25, -0.2) is 0 Å². The van der Waals surface area contributed by atoms with Crippen molar-refractivity contribution in [2.45, 2.75) is 51.0 Å². The van der Waals surface area contributed by atoms with E-state index in [4.69, 9.17) is 4.42 Å². The van der Waals surface area contributed by atoms with Crippen LogP contribution in [0.3, 0.4) is 0 Å². The lowest BCUT2D eigenvalue weighted by Gasteiger charge is -2.56. The van der Waals surface area contributed by atoms with Crippen LogP contribution < -0.4 is 10.6 Å². The average molecular weight is 407 g/mol. The number of rotatable bonds is 7. The maximum absolute atomic E-state index is 12.7. The molecule has 0 saturated heterocycles. The van der Waals surface area contributed by atoms with Crippen LogP contribution in [0.5, 0.6) is 0 Å². The topological polar surface area (TPSA) is 71.3 Å². The molecule has 1 aromatic carbocycles. The first-order chi connectivity index (χ1) is 14.6. The largest absolute Gasteiger partial charge is 0.467 e. The van der Waals surface area contributed by atoms with Crippen molar-refractivity contribution in [1.29, 1.82) is 0 Å². The van der Waals surface area contributed by atoms with E-state index >= 15 is 0 Å². The SMILES string of the molecule is O=C(CC12CC3CC(CC(C3)C1)C2)NCC(=O)NC(c1ccccc1)c1ccco1. The van der Waals surface area contributed by atoms with E-state index in [2.05, 4.69) is 10.6 Å². The molecule has 4 aliphatic carbocycles. The molecule has 158 valence electrons. The van der Waals surface area contributed by atoms with Gasteiger partial charge in [-0.3, -0.25) is 9.59 Å². The third-order valence-corrected chi connectivity index (χ3v) is 7.41. The molecular formula is C25H30N2O3. The van der Waals surface area contributed by atoms with Crippen LogP contribution in [0.2, 0.25) is 0 Å². The summed E-state index contributed by atoms with van der Waals surface area (Å²) in [6, 6.07) is 13.0. The molecular weight excluding hydrogens is 376 g/mol. The molecule has 2 N–H and O–H groups in total. The maximum Gasteiger partial charge on any atom is 0.240 e. The molecule has 2 amide bonds. The number of benzene rings is 1. The third-order valence-electron chi connectivity index (χ3n) is 7.41. The monoisotopic (exact) mass is 406 g/mol. The fourth-order valence-corrected chi connectivity index (χ4v) is 6.72. The van der Waals surface area contributed by atoms with Crippen LogP contribution in [0.25, 0.3) is 0 Å². The second-order valence-corrected chi connectivity index (χ2v) is 9.80. The summed E-state index contributed by atoms with van der Waals surface area (Å²) in [5.41, 5.74) is 1.14. The highest BCUT2D eigenvalue weighted by atomic mass is 16.3. The van der Waals surface area contributed by atoms with Crippen LogP contribution in [0.1, 0.15) is 62.3 Å². The van der Waals surface area contributed by atoms with Gasteiger partial charge in [0.25, 0.3) is 0 Å². The molecule has 1 heterocycles. The Balaban J connectivity index is 1.17. The number of hydrogen-bond acceptors (Lipinski definition) is 3. The van der Waals surface area contributed by atoms with E-state index < -0.39 is 0 Å². The zero-order valence-corrected chi connectivity index (χ0v) is 17.3. The van der Waals surface area contributed by atoms with E-state index in [1.165, 1.54) is 38.5 Å². The van der Waals surface area contributed by atoms with Crippen molar-refractivity contribution < 1.29 is 14.0 Å². The molecule has 4 fully saturated rings. The first kappa shape index (κ1) is 19.4. The van der Waals surface area contributed by atoms with Crippen molar-refractivity contribution >= 4 is 11.8 Å². The van der Waals surface area contributed by atoms with Crippen LogP contribution in [0.15, 0.2) is 53.1 Å². The normalized spacial score (nSPS) is 30.1. The number of hydrogen-bond donors (Lipinski definition) is 2. The Morgan fingerprint density at radius 1 is 0.933 bits per heavy atom. The van der Waals surface area contributed by atoms with Gasteiger partial charge in [0, 0.05) is 6.42 Å². The standard InChI is InChI=1S/C25H30N2O3/c28-22(15-25-12-17-9-18(13-25)11-19(10-17)14-25)26-16-23(29)27-24(21-7-4-8-30-21)20-5-2-1-3-6-20/h1-8,17-19,24H,9-16H2,(H,26,28)(H,27,29). The van der Waals surface area contributed by atoms with Gasteiger partial charge in [0.2, 0.25) is 11.8 Å². The Labute approximate surface area is 177 Å². The van der Waals surface area contributed by atoms with Crippen LogP contribution in [0.4, 0.5) is 0 Å². The van der Waals surface area contributed by atoms with Gasteiger partial charge in [-0.05, 0) is 79.4 Å². The Bertz CT molecular complexity index is 855. The van der Waals surface area contributed by atoms with Gasteiger partial charge in [-0.15, -0.1) is 0 Å². The molecule has 2 aromatic rings. The van der Waals surface area contributed by atoms with Gasteiger partial charge >= 0.3 is 0 Å². The lowest BCUT2D eigenvalue weighted by Crippen LogP contribution is -2.48. The van der Waals surface area contributed by atoms with Gasteiger partial charge in [-0.2, -0.15) is 0 Å². The second-order valence-electron chi connectivity index (χ2n) is 9.80. The highest BCUT2D eigenvalue weighted by Crippen LogP contribution is 2.61. The fourth-order valence-electron chi connectivity index (χ4n) is 6.72. The summed E-state index contributed by atoms with van der Waals surface area (Å²) in [5.74, 6) is 2.96. The minimum absolute atomic E-state index is 0.00472. The number of furan rings is 1. The lowest BCUT2D eigenvalue weighted by molar-refractivity contribution is -0.132. The van der Waals surface area contributed by atoms with E-state index in [0.29, 0.717) is 12.2 Å². The predicted octanol–water partition coefficient (Wildman–Crippen LogP) is 4.21. The van der Waals surface area contributed by atoms with Gasteiger partial charge in [-0.1, -0.05) is 30.3 Å². The maximum atomic E-state index is 12.7. The van der Waals surface area contributed by atoms with E-state index in [1.807, 2.05) is 42.5 Å². The van der Waals surface area contributed by atoms with Gasteiger partial charge < -0.3 is 15.1 Å². The molecule has 4 bridgehead atoms. The molecule has 0 spiro atoms. The Kier molecular flexibility index (Phi) is 5.13. The minimum atomic E-state index is -0.367. The number of carbonyl (C=O) groups excluding carboxylic acids is 2. The summed E-state index contributed by atoms with van der Waals surface area (Å²) >= 11 is 0. The smallest absolute Gasteiger partial charge is 0.240 e. The van der Waals surface area contributed by atoms with Crippen LogP contribution in [0, 0.1) is 23.2 Å². The van der Waals surface area contributed by atoms with Crippen LogP contribution in [-0.4, -0.2) is 18.4 Å². The summed E-state index contributed by atoms with van der Waals surface area (Å²) in [6.45, 7) is -0.00472. The molecule has 0 radical (unpaired) electrons. The summed E-state index contributed by atoms with van der Waals surface area (Å²) in [7, 11) is 0. The van der Waals surface area contributed by atoms with Crippen LogP contribution >= 0.6 is 0 Å². The lowest BCUT2D eigenvalue weighted by atomic mass is 9.49. The average Bonchev–Trinajstić information content (AvgIpc) is 3.24. The minimum Gasteiger partial charge on any atom is -0.467 e. The number of carbonyl (C=O) groups is 2. The summed E-state index contributed by atoms with van der Waals surface area (Å²) in [5, 5.41) is 5.88. The molecule has 5 heteroatoms. The van der Waals surface area contributed by atoms with Crippen molar-refractivity contribution in [2.24, 2.45) is 23.2 Å². The Morgan fingerprint density at radius 2 is 1.60 bits per heavy atom. The van der Waals surface area contributed by atoms with Crippen molar-refractivity contribution in [3.63, 3.8) is 0 Å². The zero-order valence-electron chi connectivity index (χ0n) is 17.3. The number of amides is 2. The molecule has 1 unspecified atom stereocenters. The zero-order chi connectivity index (χ0) is 20.6. The Morgan fingerprint density at radius 3 is 2.20 bits per heavy atom. The van der Waals surface area contributed by atoms with Gasteiger partial charge in [0.05, 0.1) is 12.8 Å². The summed E-state index contributed by atoms with van der Waals surface area (Å²) in [4.78, 5) is 25.3. The molecule has 0 aliphatic heterocycles. The molecule has 6 rings (SSSR count). The second kappa shape index (κ2) is 7.93. The number of nitrogens with one attached hydrogen (secondary N) is 2. The highest BCUT2D eigenvalue weighted by Gasteiger charge is 2.51.